The molecular formula is C15H18N2O2. The molecule has 0 aliphatic heterocycles. The van der Waals surface area contributed by atoms with E-state index in [0.29, 0.717) is 11.3 Å². The highest BCUT2D eigenvalue weighted by atomic mass is 16.3. The average Bonchev–Trinajstić information content (AvgIpc) is 2.89. The van der Waals surface area contributed by atoms with Gasteiger partial charge in [-0.3, -0.25) is 4.79 Å². The maximum Gasteiger partial charge on any atom is 0.251 e. The average molecular weight is 258 g/mol. The summed E-state index contributed by atoms with van der Waals surface area (Å²) in [6.07, 6.45) is 3.30. The zero-order valence-corrected chi connectivity index (χ0v) is 10.9. The number of rotatable bonds is 5. The highest BCUT2D eigenvalue weighted by Crippen LogP contribution is 2.09. The van der Waals surface area contributed by atoms with Crippen LogP contribution in [0.1, 0.15) is 29.5 Å². The Morgan fingerprint density at radius 1 is 1.37 bits per heavy atom. The Hall–Kier alpha value is -2.23. The van der Waals surface area contributed by atoms with Crippen LogP contribution in [0.25, 0.3) is 0 Å². The first-order valence-corrected chi connectivity index (χ1v) is 6.34. The zero-order chi connectivity index (χ0) is 13.7. The summed E-state index contributed by atoms with van der Waals surface area (Å²) in [6, 6.07) is 10.9. The Balaban J connectivity index is 1.84. The van der Waals surface area contributed by atoms with E-state index in [1.807, 2.05) is 19.1 Å². The zero-order valence-electron chi connectivity index (χ0n) is 10.9. The number of anilines is 1. The van der Waals surface area contributed by atoms with Gasteiger partial charge in [-0.05, 0) is 43.7 Å². The maximum atomic E-state index is 12.0. The molecule has 2 aromatic rings. The molecule has 3 N–H and O–H groups in total. The van der Waals surface area contributed by atoms with Gasteiger partial charge in [0.05, 0.1) is 6.26 Å². The second-order valence-electron chi connectivity index (χ2n) is 4.62. The number of carbonyl (C=O) groups is 1. The maximum absolute atomic E-state index is 12.0. The van der Waals surface area contributed by atoms with E-state index in [-0.39, 0.29) is 11.9 Å². The first-order valence-electron chi connectivity index (χ1n) is 6.34. The summed E-state index contributed by atoms with van der Waals surface area (Å²) in [5, 5.41) is 2.95. The van der Waals surface area contributed by atoms with E-state index in [9.17, 15) is 4.79 Å². The smallest absolute Gasteiger partial charge is 0.251 e. The molecule has 0 fully saturated rings. The number of furan rings is 1. The number of benzene rings is 1. The molecule has 1 unspecified atom stereocenters. The lowest BCUT2D eigenvalue weighted by Crippen LogP contribution is -2.32. The fraction of sp³-hybridized carbons (Fsp3) is 0.267. The summed E-state index contributed by atoms with van der Waals surface area (Å²) in [4.78, 5) is 12.0. The highest BCUT2D eigenvalue weighted by molar-refractivity contribution is 5.95. The molecule has 0 saturated heterocycles. The molecule has 0 bridgehead atoms. The van der Waals surface area contributed by atoms with Gasteiger partial charge < -0.3 is 15.5 Å². The van der Waals surface area contributed by atoms with Crippen molar-refractivity contribution in [2.75, 3.05) is 5.73 Å². The van der Waals surface area contributed by atoms with Crippen LogP contribution in [0.15, 0.2) is 47.1 Å². The molecule has 0 saturated carbocycles. The van der Waals surface area contributed by atoms with Crippen LogP contribution < -0.4 is 11.1 Å². The van der Waals surface area contributed by atoms with Crippen LogP contribution in [0.2, 0.25) is 0 Å². The van der Waals surface area contributed by atoms with E-state index in [4.69, 9.17) is 10.2 Å². The SMILES string of the molecule is CC(CCc1ccco1)NC(=O)c1cccc(N)c1. The second-order valence-corrected chi connectivity index (χ2v) is 4.62. The van der Waals surface area contributed by atoms with Gasteiger partial charge in [-0.2, -0.15) is 0 Å². The van der Waals surface area contributed by atoms with Gasteiger partial charge in [-0.25, -0.2) is 0 Å². The van der Waals surface area contributed by atoms with Gasteiger partial charge in [0.15, 0.2) is 0 Å². The Labute approximate surface area is 112 Å². The minimum atomic E-state index is -0.0979. The Morgan fingerprint density at radius 3 is 2.89 bits per heavy atom. The third-order valence-electron chi connectivity index (χ3n) is 2.93. The molecule has 2 rings (SSSR count). The molecule has 0 aliphatic carbocycles. The van der Waals surface area contributed by atoms with Gasteiger partial charge in [-0.15, -0.1) is 0 Å². The van der Waals surface area contributed by atoms with E-state index < -0.39 is 0 Å². The van der Waals surface area contributed by atoms with Gasteiger partial charge in [0, 0.05) is 23.7 Å². The van der Waals surface area contributed by atoms with Crippen LogP contribution >= 0.6 is 0 Å². The summed E-state index contributed by atoms with van der Waals surface area (Å²) >= 11 is 0. The third-order valence-corrected chi connectivity index (χ3v) is 2.93. The van der Waals surface area contributed by atoms with Crippen LogP contribution in [0, 0.1) is 0 Å². The lowest BCUT2D eigenvalue weighted by atomic mass is 10.1. The van der Waals surface area contributed by atoms with Crippen LogP contribution in [0.3, 0.4) is 0 Å². The van der Waals surface area contributed by atoms with Crippen LogP contribution in [0.5, 0.6) is 0 Å². The molecule has 1 aromatic heterocycles. The van der Waals surface area contributed by atoms with Crippen molar-refractivity contribution in [1.82, 2.24) is 5.32 Å². The number of aryl methyl sites for hydroxylation is 1. The Morgan fingerprint density at radius 2 is 2.21 bits per heavy atom. The number of nitrogens with one attached hydrogen (secondary N) is 1. The fourth-order valence-corrected chi connectivity index (χ4v) is 1.87. The molecule has 1 aromatic carbocycles. The van der Waals surface area contributed by atoms with E-state index in [0.717, 1.165) is 18.6 Å². The van der Waals surface area contributed by atoms with E-state index in [1.165, 1.54) is 0 Å². The molecule has 1 amide bonds. The lowest BCUT2D eigenvalue weighted by Gasteiger charge is -2.13. The molecule has 0 aliphatic rings. The van der Waals surface area contributed by atoms with Crippen molar-refractivity contribution in [2.45, 2.75) is 25.8 Å². The number of amides is 1. The first kappa shape index (κ1) is 13.2. The number of carbonyl (C=O) groups excluding carboxylic acids is 1. The number of nitrogens with two attached hydrogens (primary N) is 1. The standard InChI is InChI=1S/C15H18N2O2/c1-11(7-8-14-6-3-9-19-14)17-15(18)12-4-2-5-13(16)10-12/h2-6,9-11H,7-8,16H2,1H3,(H,17,18). The molecule has 0 radical (unpaired) electrons. The van der Waals surface area contributed by atoms with E-state index in [2.05, 4.69) is 5.32 Å². The van der Waals surface area contributed by atoms with Crippen LogP contribution in [0.4, 0.5) is 5.69 Å². The summed E-state index contributed by atoms with van der Waals surface area (Å²) in [5.74, 6) is 0.837. The molecule has 100 valence electrons. The normalized spacial score (nSPS) is 12.1. The van der Waals surface area contributed by atoms with Crippen LogP contribution in [-0.2, 0) is 6.42 Å². The predicted molar refractivity (Wildman–Crippen MR) is 74.8 cm³/mol. The number of nitrogen functional groups attached to an aromatic ring is 1. The lowest BCUT2D eigenvalue weighted by molar-refractivity contribution is 0.0938. The molecule has 4 heteroatoms. The van der Waals surface area contributed by atoms with Crippen molar-refractivity contribution >= 4 is 11.6 Å². The quantitative estimate of drug-likeness (QED) is 0.810. The van der Waals surface area contributed by atoms with Crippen molar-refractivity contribution < 1.29 is 9.21 Å². The summed E-state index contributed by atoms with van der Waals surface area (Å²) in [7, 11) is 0. The van der Waals surface area contributed by atoms with Gasteiger partial charge in [0.25, 0.3) is 5.91 Å². The fourth-order valence-electron chi connectivity index (χ4n) is 1.87. The van der Waals surface area contributed by atoms with Crippen molar-refractivity contribution in [3.05, 3.63) is 54.0 Å². The van der Waals surface area contributed by atoms with E-state index >= 15 is 0 Å². The first-order chi connectivity index (χ1) is 9.15. The number of hydrogen-bond donors (Lipinski definition) is 2. The molecule has 1 heterocycles. The molecule has 19 heavy (non-hydrogen) atoms. The van der Waals surface area contributed by atoms with Gasteiger partial charge in [0.2, 0.25) is 0 Å². The van der Waals surface area contributed by atoms with Crippen molar-refractivity contribution in [3.8, 4) is 0 Å². The Bertz CT molecular complexity index is 535. The minimum absolute atomic E-state index is 0.0824. The molecular weight excluding hydrogens is 240 g/mol. The predicted octanol–water partition coefficient (Wildman–Crippen LogP) is 2.61. The molecule has 1 atom stereocenters. The molecule has 0 spiro atoms. The largest absolute Gasteiger partial charge is 0.469 e. The topological polar surface area (TPSA) is 68.3 Å². The number of hydrogen-bond acceptors (Lipinski definition) is 3. The van der Waals surface area contributed by atoms with Gasteiger partial charge >= 0.3 is 0 Å². The van der Waals surface area contributed by atoms with E-state index in [1.54, 1.807) is 30.5 Å². The van der Waals surface area contributed by atoms with Gasteiger partial charge in [0.1, 0.15) is 5.76 Å². The monoisotopic (exact) mass is 258 g/mol. The Kier molecular flexibility index (Phi) is 4.23. The van der Waals surface area contributed by atoms with Crippen molar-refractivity contribution in [1.29, 1.82) is 0 Å². The van der Waals surface area contributed by atoms with Crippen molar-refractivity contribution in [2.24, 2.45) is 0 Å². The summed E-state index contributed by atoms with van der Waals surface area (Å²) in [6.45, 7) is 1.98. The van der Waals surface area contributed by atoms with Crippen molar-refractivity contribution in [3.63, 3.8) is 0 Å². The van der Waals surface area contributed by atoms with Crippen LogP contribution in [-0.4, -0.2) is 11.9 Å². The summed E-state index contributed by atoms with van der Waals surface area (Å²) in [5.41, 5.74) is 6.84. The highest BCUT2D eigenvalue weighted by Gasteiger charge is 2.10. The van der Waals surface area contributed by atoms with Gasteiger partial charge in [-0.1, -0.05) is 6.07 Å². The second kappa shape index (κ2) is 6.09. The minimum Gasteiger partial charge on any atom is -0.469 e. The third kappa shape index (κ3) is 3.88. The summed E-state index contributed by atoms with van der Waals surface area (Å²) < 4.78 is 5.26. The molecule has 4 nitrogen and oxygen atoms in total.